The van der Waals surface area contributed by atoms with E-state index in [1.165, 1.54) is 6.07 Å². The van der Waals surface area contributed by atoms with Crippen LogP contribution in [0.4, 0.5) is 4.39 Å². The fourth-order valence-corrected chi connectivity index (χ4v) is 5.18. The number of carboxylic acid groups (broad SMARTS) is 1. The lowest BCUT2D eigenvalue weighted by Crippen LogP contribution is -2.14. The van der Waals surface area contributed by atoms with Crippen molar-refractivity contribution in [1.29, 1.82) is 0 Å². The van der Waals surface area contributed by atoms with Crippen molar-refractivity contribution in [2.45, 2.75) is 79.5 Å². The van der Waals surface area contributed by atoms with E-state index in [-0.39, 0.29) is 15.0 Å². The summed E-state index contributed by atoms with van der Waals surface area (Å²) in [6, 6.07) is 2.40. The maximum Gasteiger partial charge on any atom is 0.307 e. The van der Waals surface area contributed by atoms with Gasteiger partial charge in [0.25, 0.3) is 0 Å². The van der Waals surface area contributed by atoms with Gasteiger partial charge < -0.3 is 14.9 Å². The van der Waals surface area contributed by atoms with Crippen LogP contribution in [0.3, 0.4) is 0 Å². The first-order valence-electron chi connectivity index (χ1n) is 11.5. The van der Waals surface area contributed by atoms with Crippen molar-refractivity contribution in [1.82, 2.24) is 0 Å². The number of ether oxygens (including phenoxy) is 1. The second-order valence-electron chi connectivity index (χ2n) is 9.74. The van der Waals surface area contributed by atoms with Crippen molar-refractivity contribution < 1.29 is 28.9 Å². The molecule has 0 spiro atoms. The van der Waals surface area contributed by atoms with Crippen LogP contribution in [0, 0.1) is 33.5 Å². The van der Waals surface area contributed by atoms with Crippen molar-refractivity contribution in [2.75, 3.05) is 6.61 Å². The van der Waals surface area contributed by atoms with Crippen LogP contribution >= 0.6 is 8.58 Å². The topological polar surface area (TPSA) is 83.8 Å². The van der Waals surface area contributed by atoms with E-state index in [1.807, 2.05) is 27.7 Å². The van der Waals surface area contributed by atoms with Gasteiger partial charge in [0.2, 0.25) is 0 Å². The van der Waals surface area contributed by atoms with Gasteiger partial charge in [-0.2, -0.15) is 0 Å². The monoisotopic (exact) mass is 490 g/mol. The van der Waals surface area contributed by atoms with Crippen LogP contribution in [0.1, 0.15) is 66.1 Å². The summed E-state index contributed by atoms with van der Waals surface area (Å²) >= 11 is 0. The summed E-state index contributed by atoms with van der Waals surface area (Å²) in [6.45, 7) is 13.5. The number of benzene rings is 2. The van der Waals surface area contributed by atoms with Crippen LogP contribution in [0.15, 0.2) is 6.07 Å². The summed E-state index contributed by atoms with van der Waals surface area (Å²) in [5, 5.41) is 18.1. The summed E-state index contributed by atoms with van der Waals surface area (Å²) in [5.74, 6) is -1.01. The summed E-state index contributed by atoms with van der Waals surface area (Å²) in [6.07, 6.45) is 2.05. The molecule has 0 saturated heterocycles. The van der Waals surface area contributed by atoms with Gasteiger partial charge in [0.05, 0.1) is 18.6 Å². The van der Waals surface area contributed by atoms with E-state index in [4.69, 9.17) is 9.84 Å². The average Bonchev–Trinajstić information content (AvgIpc) is 2.74. The molecule has 1 aliphatic heterocycles. The molecule has 2 aromatic rings. The number of carboxylic acids is 1. The third-order valence-electron chi connectivity index (χ3n) is 5.99. The van der Waals surface area contributed by atoms with Crippen molar-refractivity contribution in [3.8, 4) is 16.9 Å². The Bertz CT molecular complexity index is 1080. The fraction of sp³-hybridized carbons (Fsp3) is 0.481. The molecular formula is C27H36FO5P. The van der Waals surface area contributed by atoms with Crippen LogP contribution in [0.25, 0.3) is 11.1 Å². The van der Waals surface area contributed by atoms with Crippen molar-refractivity contribution >= 4 is 20.6 Å². The van der Waals surface area contributed by atoms with Crippen molar-refractivity contribution in [3.63, 3.8) is 0 Å². The molecule has 1 unspecified atom stereocenters. The molecule has 0 aliphatic carbocycles. The molecule has 0 radical (unpaired) electrons. The molecular weight excluding hydrogens is 454 g/mol. The lowest BCUT2D eigenvalue weighted by molar-refractivity contribution is -0.136. The Kier molecular flexibility index (Phi) is 9.38. The number of rotatable bonds is 6. The summed E-state index contributed by atoms with van der Waals surface area (Å²) in [7, 11) is 0.137. The lowest BCUT2D eigenvalue weighted by Gasteiger charge is -2.26. The van der Waals surface area contributed by atoms with Gasteiger partial charge in [-0.3, -0.25) is 9.59 Å². The predicted octanol–water partition coefficient (Wildman–Crippen LogP) is 5.82. The van der Waals surface area contributed by atoms with E-state index in [2.05, 4.69) is 0 Å². The maximum absolute atomic E-state index is 14.9. The number of halogens is 1. The molecule has 1 heterocycles. The standard InChI is InChI=1S/C23H26FO4P.C4H10O/c1-12-13(2)19(10-29-11-25)15(4)22(18(12)9-21(26)27)17-8-20(24)23-16(14(17)3)6-5-7-28-23;1-4(2,3)5/h8,11,29H,5-7,9-10H2,1-4H3,(H,26,27);5H,1-3H3. The molecule has 0 bridgehead atoms. The third-order valence-corrected chi connectivity index (χ3v) is 6.72. The minimum Gasteiger partial charge on any atom is -0.490 e. The SMILES string of the molecule is CC(C)(C)O.Cc1c(C)c(CC(=O)O)c(-c2cc(F)c3c(c2C)CCCO3)c(C)c1CPC=O. The largest absolute Gasteiger partial charge is 0.490 e. The van der Waals surface area contributed by atoms with E-state index < -0.39 is 17.4 Å². The minimum absolute atomic E-state index is 0.131. The van der Waals surface area contributed by atoms with E-state index in [9.17, 15) is 19.1 Å². The number of hydrogen-bond acceptors (Lipinski definition) is 4. The Morgan fingerprint density at radius 2 is 1.71 bits per heavy atom. The number of aliphatic hydroxyl groups is 1. The van der Waals surface area contributed by atoms with Gasteiger partial charge in [-0.1, -0.05) is 0 Å². The molecule has 3 rings (SSSR count). The zero-order valence-corrected chi connectivity index (χ0v) is 22.2. The Labute approximate surface area is 203 Å². The molecule has 2 N–H and O–H groups in total. The van der Waals surface area contributed by atoms with Gasteiger partial charge in [0.1, 0.15) is 6.03 Å². The number of aliphatic carboxylic acids is 1. The Hall–Kier alpha value is -2.30. The molecule has 0 amide bonds. The summed E-state index contributed by atoms with van der Waals surface area (Å²) in [5.41, 5.74) is 7.40. The highest BCUT2D eigenvalue weighted by Gasteiger charge is 2.26. The van der Waals surface area contributed by atoms with Crippen LogP contribution < -0.4 is 4.74 Å². The summed E-state index contributed by atoms with van der Waals surface area (Å²) < 4.78 is 20.5. The van der Waals surface area contributed by atoms with Crippen LogP contribution in [0.2, 0.25) is 0 Å². The molecule has 0 saturated carbocycles. The molecule has 2 aromatic carbocycles. The smallest absolute Gasteiger partial charge is 0.307 e. The third kappa shape index (κ3) is 6.64. The van der Waals surface area contributed by atoms with Gasteiger partial charge in [-0.05, 0) is 127 Å². The zero-order valence-electron chi connectivity index (χ0n) is 21.2. The van der Waals surface area contributed by atoms with Gasteiger partial charge in [0.15, 0.2) is 11.6 Å². The highest BCUT2D eigenvalue weighted by molar-refractivity contribution is 7.54. The molecule has 1 aliphatic rings. The van der Waals surface area contributed by atoms with Gasteiger partial charge >= 0.3 is 5.97 Å². The average molecular weight is 491 g/mol. The normalized spacial score (nSPS) is 13.2. The number of hydrogen-bond donors (Lipinski definition) is 2. The van der Waals surface area contributed by atoms with Crippen molar-refractivity contribution in [2.24, 2.45) is 0 Å². The minimum atomic E-state index is -0.921. The second-order valence-corrected chi connectivity index (χ2v) is 10.7. The lowest BCUT2D eigenvalue weighted by atomic mass is 9.81. The van der Waals surface area contributed by atoms with Gasteiger partial charge in [-0.15, -0.1) is 0 Å². The molecule has 0 fully saturated rings. The second kappa shape index (κ2) is 11.4. The van der Waals surface area contributed by atoms with Crippen LogP contribution in [-0.2, 0) is 28.6 Å². The predicted molar refractivity (Wildman–Crippen MR) is 137 cm³/mol. The maximum atomic E-state index is 14.9. The van der Waals surface area contributed by atoms with Gasteiger partial charge in [-0.25, -0.2) is 4.39 Å². The first kappa shape index (κ1) is 27.9. The molecule has 34 heavy (non-hydrogen) atoms. The van der Waals surface area contributed by atoms with E-state index >= 15 is 0 Å². The quantitative estimate of drug-likeness (QED) is 0.394. The van der Waals surface area contributed by atoms with E-state index in [0.717, 1.165) is 63.4 Å². The zero-order chi connectivity index (χ0) is 25.8. The van der Waals surface area contributed by atoms with E-state index in [1.54, 1.807) is 20.8 Å². The number of fused-ring (bicyclic) bond motifs is 1. The number of carbonyl (C=O) groups excluding carboxylic acids is 1. The molecule has 5 nitrogen and oxygen atoms in total. The molecule has 1 atom stereocenters. The first-order valence-corrected chi connectivity index (χ1v) is 12.7. The van der Waals surface area contributed by atoms with Crippen LogP contribution in [0.5, 0.6) is 5.75 Å². The van der Waals surface area contributed by atoms with Crippen LogP contribution in [-0.4, -0.2) is 34.4 Å². The number of carbonyl (C=O) groups is 2. The first-order chi connectivity index (χ1) is 15.8. The summed E-state index contributed by atoms with van der Waals surface area (Å²) in [4.78, 5) is 22.6. The highest BCUT2D eigenvalue weighted by Crippen LogP contribution is 2.42. The molecule has 186 valence electrons. The van der Waals surface area contributed by atoms with E-state index in [0.29, 0.717) is 24.1 Å². The molecule has 7 heteroatoms. The Morgan fingerprint density at radius 1 is 1.12 bits per heavy atom. The fourth-order valence-electron chi connectivity index (χ4n) is 4.36. The Morgan fingerprint density at radius 3 is 2.26 bits per heavy atom. The Balaban J connectivity index is 0.000000739. The highest BCUT2D eigenvalue weighted by atomic mass is 31.1. The van der Waals surface area contributed by atoms with Gasteiger partial charge in [0, 0.05) is 5.56 Å². The van der Waals surface area contributed by atoms with Crippen molar-refractivity contribution in [3.05, 3.63) is 50.8 Å². The molecule has 0 aromatic heterocycles.